The third-order valence-corrected chi connectivity index (χ3v) is 5.27. The van der Waals surface area contributed by atoms with Crippen molar-refractivity contribution in [1.82, 2.24) is 4.98 Å². The van der Waals surface area contributed by atoms with Crippen LogP contribution in [0.25, 0.3) is 10.9 Å². The van der Waals surface area contributed by atoms with E-state index in [9.17, 15) is 4.79 Å². The molecule has 3 aromatic rings. The molecule has 0 amide bonds. The van der Waals surface area contributed by atoms with Gasteiger partial charge in [-0.25, -0.2) is 4.79 Å². The second kappa shape index (κ2) is 7.35. The Hall–Kier alpha value is -2.95. The van der Waals surface area contributed by atoms with Crippen LogP contribution in [-0.2, 0) is 19.3 Å². The Morgan fingerprint density at radius 1 is 1.15 bits per heavy atom. The summed E-state index contributed by atoms with van der Waals surface area (Å²) in [5, 5.41) is 9.97. The lowest BCUT2D eigenvalue weighted by molar-refractivity contribution is 0.142. The number of aryl methyl sites for hydroxylation is 2. The van der Waals surface area contributed by atoms with Gasteiger partial charge >= 0.3 is 6.16 Å². The molecule has 140 valence electrons. The van der Waals surface area contributed by atoms with E-state index >= 15 is 0 Å². The van der Waals surface area contributed by atoms with E-state index in [-0.39, 0.29) is 0 Å². The van der Waals surface area contributed by atoms with Gasteiger partial charge in [0, 0.05) is 16.5 Å². The molecule has 0 aliphatic heterocycles. The number of rotatable bonds is 6. The van der Waals surface area contributed by atoms with Crippen LogP contribution in [0.3, 0.4) is 0 Å². The molecule has 0 unspecified atom stereocenters. The Bertz CT molecular complexity index is 989. The van der Waals surface area contributed by atoms with E-state index in [1.165, 1.54) is 23.1 Å². The number of carboxylic acid groups (broad SMARTS) is 1. The quantitative estimate of drug-likeness (QED) is 0.474. The molecule has 1 heterocycles. The Morgan fingerprint density at radius 2 is 1.96 bits per heavy atom. The first kappa shape index (κ1) is 17.5. The van der Waals surface area contributed by atoms with Crippen molar-refractivity contribution in [3.05, 3.63) is 58.7 Å². The Labute approximate surface area is 157 Å². The molecule has 27 heavy (non-hydrogen) atoms. The maximum atomic E-state index is 11.0. The van der Waals surface area contributed by atoms with Gasteiger partial charge in [0.05, 0.1) is 6.61 Å². The van der Waals surface area contributed by atoms with Gasteiger partial charge < -0.3 is 19.6 Å². The second-order valence-corrected chi connectivity index (χ2v) is 6.99. The molecule has 0 saturated carbocycles. The normalized spacial score (nSPS) is 12.9. The maximum Gasteiger partial charge on any atom is 0.512 e. The Kier molecular flexibility index (Phi) is 4.75. The SMILES string of the molecule is Cc1ccc(OCCCc2c(OC(=O)O)[nH]c3ccccc23)c2c1CCC2. The lowest BCUT2D eigenvalue weighted by atomic mass is 10.0. The van der Waals surface area contributed by atoms with Gasteiger partial charge in [-0.05, 0) is 67.9 Å². The Morgan fingerprint density at radius 3 is 2.81 bits per heavy atom. The number of benzene rings is 2. The van der Waals surface area contributed by atoms with Crippen molar-refractivity contribution in [1.29, 1.82) is 0 Å². The van der Waals surface area contributed by atoms with E-state index in [1.807, 2.05) is 24.3 Å². The molecule has 1 aliphatic rings. The number of hydrogen-bond donors (Lipinski definition) is 2. The zero-order chi connectivity index (χ0) is 18.8. The van der Waals surface area contributed by atoms with Crippen LogP contribution in [0.1, 0.15) is 35.1 Å². The molecule has 1 aliphatic carbocycles. The third kappa shape index (κ3) is 3.50. The molecular formula is C22H23NO4. The van der Waals surface area contributed by atoms with Crippen molar-refractivity contribution < 1.29 is 19.4 Å². The van der Waals surface area contributed by atoms with Crippen LogP contribution < -0.4 is 9.47 Å². The van der Waals surface area contributed by atoms with Gasteiger partial charge in [0.2, 0.25) is 5.88 Å². The van der Waals surface area contributed by atoms with Gasteiger partial charge in [0.15, 0.2) is 0 Å². The first-order valence-corrected chi connectivity index (χ1v) is 9.38. The largest absolute Gasteiger partial charge is 0.512 e. The highest BCUT2D eigenvalue weighted by Gasteiger charge is 2.18. The summed E-state index contributed by atoms with van der Waals surface area (Å²) in [6.45, 7) is 2.75. The number of H-pyrrole nitrogens is 1. The van der Waals surface area contributed by atoms with Gasteiger partial charge in [0.25, 0.3) is 0 Å². The van der Waals surface area contributed by atoms with Crippen molar-refractivity contribution in [2.75, 3.05) is 6.61 Å². The fourth-order valence-corrected chi connectivity index (χ4v) is 4.02. The summed E-state index contributed by atoms with van der Waals surface area (Å²) in [7, 11) is 0. The molecule has 5 heteroatoms. The van der Waals surface area contributed by atoms with E-state index in [4.69, 9.17) is 14.6 Å². The summed E-state index contributed by atoms with van der Waals surface area (Å²) >= 11 is 0. The number of nitrogens with one attached hydrogen (secondary N) is 1. The van der Waals surface area contributed by atoms with Crippen molar-refractivity contribution in [2.24, 2.45) is 0 Å². The molecule has 0 radical (unpaired) electrons. The smallest absolute Gasteiger partial charge is 0.493 e. The van der Waals surface area contributed by atoms with E-state index < -0.39 is 6.16 Å². The van der Waals surface area contributed by atoms with Gasteiger partial charge in [-0.3, -0.25) is 0 Å². The first-order chi connectivity index (χ1) is 13.1. The fourth-order valence-electron chi connectivity index (χ4n) is 4.02. The zero-order valence-corrected chi connectivity index (χ0v) is 15.4. The molecule has 1 aromatic heterocycles. The highest BCUT2D eigenvalue weighted by atomic mass is 16.7. The number of aromatic amines is 1. The van der Waals surface area contributed by atoms with Crippen LogP contribution >= 0.6 is 0 Å². The van der Waals surface area contributed by atoms with Crippen LogP contribution in [0.2, 0.25) is 0 Å². The molecule has 5 nitrogen and oxygen atoms in total. The lowest BCUT2D eigenvalue weighted by Gasteiger charge is -2.12. The summed E-state index contributed by atoms with van der Waals surface area (Å²) in [5.41, 5.74) is 5.91. The summed E-state index contributed by atoms with van der Waals surface area (Å²) in [4.78, 5) is 14.0. The van der Waals surface area contributed by atoms with E-state index in [2.05, 4.69) is 24.0 Å². The Balaban J connectivity index is 1.45. The summed E-state index contributed by atoms with van der Waals surface area (Å²) in [6.07, 6.45) is 3.58. The van der Waals surface area contributed by atoms with Crippen LogP contribution in [-0.4, -0.2) is 22.9 Å². The molecule has 0 atom stereocenters. The van der Waals surface area contributed by atoms with E-state index in [1.54, 1.807) is 0 Å². The van der Waals surface area contributed by atoms with Crippen molar-refractivity contribution in [3.63, 3.8) is 0 Å². The van der Waals surface area contributed by atoms with Gasteiger partial charge in [-0.2, -0.15) is 0 Å². The summed E-state index contributed by atoms with van der Waals surface area (Å²) in [5.74, 6) is 1.30. The van der Waals surface area contributed by atoms with E-state index in [0.717, 1.165) is 41.5 Å². The topological polar surface area (TPSA) is 71.6 Å². The molecule has 2 N–H and O–H groups in total. The molecule has 0 fully saturated rings. The average Bonchev–Trinajstić information content (AvgIpc) is 3.26. The minimum atomic E-state index is -1.31. The van der Waals surface area contributed by atoms with Crippen LogP contribution in [0.5, 0.6) is 11.6 Å². The average molecular weight is 365 g/mol. The van der Waals surface area contributed by atoms with Gasteiger partial charge in [-0.15, -0.1) is 0 Å². The predicted octanol–water partition coefficient (Wildman–Crippen LogP) is 5.03. The molecular weight excluding hydrogens is 342 g/mol. The fraction of sp³-hybridized carbons (Fsp3) is 0.318. The molecule has 0 spiro atoms. The monoisotopic (exact) mass is 365 g/mol. The van der Waals surface area contributed by atoms with Crippen LogP contribution in [0.15, 0.2) is 36.4 Å². The minimum absolute atomic E-state index is 0.305. The van der Waals surface area contributed by atoms with Crippen molar-refractivity contribution >= 4 is 17.1 Å². The highest BCUT2D eigenvalue weighted by Crippen LogP contribution is 2.33. The maximum absolute atomic E-state index is 11.0. The van der Waals surface area contributed by atoms with Crippen molar-refractivity contribution in [2.45, 2.75) is 39.0 Å². The molecule has 2 aromatic carbocycles. The zero-order valence-electron chi connectivity index (χ0n) is 15.4. The van der Waals surface area contributed by atoms with Crippen LogP contribution in [0, 0.1) is 6.92 Å². The number of para-hydroxylation sites is 1. The predicted molar refractivity (Wildman–Crippen MR) is 104 cm³/mol. The number of carbonyl (C=O) groups is 1. The molecule has 0 saturated heterocycles. The molecule has 0 bridgehead atoms. The van der Waals surface area contributed by atoms with Crippen LogP contribution in [0.4, 0.5) is 4.79 Å². The van der Waals surface area contributed by atoms with Crippen molar-refractivity contribution in [3.8, 4) is 11.6 Å². The highest BCUT2D eigenvalue weighted by molar-refractivity contribution is 5.86. The third-order valence-electron chi connectivity index (χ3n) is 5.27. The minimum Gasteiger partial charge on any atom is -0.493 e. The van der Waals surface area contributed by atoms with Gasteiger partial charge in [0.1, 0.15) is 5.75 Å². The van der Waals surface area contributed by atoms with Gasteiger partial charge in [-0.1, -0.05) is 24.3 Å². The lowest BCUT2D eigenvalue weighted by Crippen LogP contribution is -2.06. The number of hydrogen-bond acceptors (Lipinski definition) is 3. The first-order valence-electron chi connectivity index (χ1n) is 9.38. The number of ether oxygens (including phenoxy) is 2. The van der Waals surface area contributed by atoms with E-state index in [0.29, 0.717) is 18.9 Å². The summed E-state index contributed by atoms with van der Waals surface area (Å²) in [6, 6.07) is 12.0. The number of aromatic nitrogens is 1. The summed E-state index contributed by atoms with van der Waals surface area (Å²) < 4.78 is 11.0. The number of fused-ring (bicyclic) bond motifs is 2. The standard InChI is InChI=1S/C22H23NO4/c1-14-11-12-20(17-8-4-7-15(14)17)26-13-5-9-18-16-6-2-3-10-19(16)23-21(18)27-22(24)25/h2-3,6,10-12,23H,4-5,7-9,13H2,1H3,(H,24,25). The second-order valence-electron chi connectivity index (χ2n) is 6.99. The molecule has 4 rings (SSSR count).